The maximum absolute atomic E-state index is 10.6. The molecule has 74 valence electrons. The first kappa shape index (κ1) is 10.9. The van der Waals surface area contributed by atoms with E-state index in [2.05, 4.69) is 9.97 Å². The van der Waals surface area contributed by atoms with E-state index in [0.29, 0.717) is 5.75 Å². The van der Waals surface area contributed by atoms with Gasteiger partial charge < -0.3 is 0 Å². The van der Waals surface area contributed by atoms with E-state index in [1.54, 1.807) is 19.3 Å². The number of hydrogen-bond donors (Lipinski definition) is 0. The molecule has 0 aliphatic rings. The van der Waals surface area contributed by atoms with Gasteiger partial charge in [0.25, 0.3) is 0 Å². The van der Waals surface area contributed by atoms with Crippen LogP contribution >= 0.6 is 11.8 Å². The quantitative estimate of drug-likeness (QED) is 0.762. The van der Waals surface area contributed by atoms with E-state index in [1.807, 2.05) is 19.1 Å². The van der Waals surface area contributed by atoms with Crippen LogP contribution in [0, 0.1) is 6.92 Å². The van der Waals surface area contributed by atoms with Gasteiger partial charge in [-0.3, -0.25) is 14.8 Å². The Labute approximate surface area is 87.7 Å². The number of nitrogens with zero attached hydrogens (tertiary/aromatic N) is 2. The van der Waals surface area contributed by atoms with Gasteiger partial charge in [-0.15, -0.1) is 0 Å². The number of rotatable bonds is 3. The summed E-state index contributed by atoms with van der Waals surface area (Å²) in [6.45, 7) is 3.46. The van der Waals surface area contributed by atoms with Crippen LogP contribution in [0.1, 0.15) is 18.3 Å². The van der Waals surface area contributed by atoms with E-state index in [-0.39, 0.29) is 5.12 Å². The van der Waals surface area contributed by atoms with Gasteiger partial charge in [0, 0.05) is 18.9 Å². The molecule has 0 spiro atoms. The van der Waals surface area contributed by atoms with Gasteiger partial charge in [0.1, 0.15) is 0 Å². The zero-order chi connectivity index (χ0) is 10.4. The molecule has 4 heteroatoms. The molecule has 0 amide bonds. The van der Waals surface area contributed by atoms with E-state index < -0.39 is 0 Å². The lowest BCUT2D eigenvalue weighted by Gasteiger charge is -1.93. The first-order chi connectivity index (χ1) is 6.68. The summed E-state index contributed by atoms with van der Waals surface area (Å²) < 4.78 is 0. The van der Waals surface area contributed by atoms with Crippen LogP contribution < -0.4 is 0 Å². The van der Waals surface area contributed by atoms with Crippen molar-refractivity contribution in [3.8, 4) is 0 Å². The second kappa shape index (κ2) is 5.54. The molecule has 1 aromatic heterocycles. The second-order valence-electron chi connectivity index (χ2n) is 2.79. The fourth-order valence-corrected chi connectivity index (χ4v) is 1.32. The van der Waals surface area contributed by atoms with Gasteiger partial charge in [-0.05, 0) is 13.0 Å². The van der Waals surface area contributed by atoms with Crippen molar-refractivity contribution in [2.45, 2.75) is 13.8 Å². The summed E-state index contributed by atoms with van der Waals surface area (Å²) in [5, 5.41) is 0.130. The SMILES string of the molecule is CC(=O)SCC=Cc1cncc(C)n1. The molecular weight excluding hydrogens is 196 g/mol. The molecule has 0 saturated carbocycles. The van der Waals surface area contributed by atoms with Crippen LogP contribution in [0.5, 0.6) is 0 Å². The zero-order valence-corrected chi connectivity index (χ0v) is 9.04. The zero-order valence-electron chi connectivity index (χ0n) is 8.23. The third kappa shape index (κ3) is 4.18. The molecule has 0 N–H and O–H groups in total. The van der Waals surface area contributed by atoms with Gasteiger partial charge in [-0.25, -0.2) is 0 Å². The highest BCUT2D eigenvalue weighted by Crippen LogP contribution is 2.03. The van der Waals surface area contributed by atoms with Gasteiger partial charge >= 0.3 is 0 Å². The summed E-state index contributed by atoms with van der Waals surface area (Å²) in [4.78, 5) is 18.9. The minimum atomic E-state index is 0.130. The van der Waals surface area contributed by atoms with Crippen molar-refractivity contribution in [1.82, 2.24) is 9.97 Å². The van der Waals surface area contributed by atoms with Crippen molar-refractivity contribution in [2.24, 2.45) is 0 Å². The first-order valence-corrected chi connectivity index (χ1v) is 5.25. The molecule has 0 saturated heterocycles. The van der Waals surface area contributed by atoms with Crippen LogP contribution in [-0.2, 0) is 4.79 Å². The molecule has 0 bridgehead atoms. The topological polar surface area (TPSA) is 42.9 Å². The standard InChI is InChI=1S/C10H12N2OS/c1-8-6-11-7-10(12-8)4-3-5-14-9(2)13/h3-4,6-7H,5H2,1-2H3. The molecule has 1 heterocycles. The van der Waals surface area contributed by atoms with Crippen molar-refractivity contribution in [3.63, 3.8) is 0 Å². The molecule has 0 aliphatic carbocycles. The summed E-state index contributed by atoms with van der Waals surface area (Å²) in [5.74, 6) is 0.685. The fourth-order valence-electron chi connectivity index (χ4n) is 0.897. The molecule has 3 nitrogen and oxygen atoms in total. The number of thioether (sulfide) groups is 1. The third-order valence-electron chi connectivity index (χ3n) is 1.45. The van der Waals surface area contributed by atoms with Crippen molar-refractivity contribution < 1.29 is 4.79 Å². The normalized spacial score (nSPS) is 10.7. The first-order valence-electron chi connectivity index (χ1n) is 4.27. The van der Waals surface area contributed by atoms with Crippen LogP contribution in [0.25, 0.3) is 6.08 Å². The van der Waals surface area contributed by atoms with E-state index >= 15 is 0 Å². The molecule has 0 radical (unpaired) electrons. The van der Waals surface area contributed by atoms with Gasteiger partial charge in [0.05, 0.1) is 17.6 Å². The third-order valence-corrected chi connectivity index (χ3v) is 2.21. The highest BCUT2D eigenvalue weighted by Gasteiger charge is 1.91. The van der Waals surface area contributed by atoms with Crippen molar-refractivity contribution in [3.05, 3.63) is 29.9 Å². The fraction of sp³-hybridized carbons (Fsp3) is 0.300. The number of aryl methyl sites for hydroxylation is 1. The van der Waals surface area contributed by atoms with Gasteiger partial charge in [-0.1, -0.05) is 17.8 Å². The Hall–Kier alpha value is -1.16. The summed E-state index contributed by atoms with van der Waals surface area (Å²) >= 11 is 1.28. The molecule has 1 aromatic rings. The Bertz CT molecular complexity index is 350. The number of aromatic nitrogens is 2. The average Bonchev–Trinajstić information content (AvgIpc) is 2.12. The van der Waals surface area contributed by atoms with Crippen LogP contribution in [0.3, 0.4) is 0 Å². The second-order valence-corrected chi connectivity index (χ2v) is 3.99. The Balaban J connectivity index is 2.47. The molecule has 0 atom stereocenters. The molecule has 0 fully saturated rings. The monoisotopic (exact) mass is 208 g/mol. The Morgan fingerprint density at radius 2 is 2.36 bits per heavy atom. The smallest absolute Gasteiger partial charge is 0.186 e. The van der Waals surface area contributed by atoms with Crippen LogP contribution in [0.2, 0.25) is 0 Å². The van der Waals surface area contributed by atoms with Crippen LogP contribution in [0.15, 0.2) is 18.5 Å². The van der Waals surface area contributed by atoms with E-state index in [9.17, 15) is 4.79 Å². The van der Waals surface area contributed by atoms with Crippen molar-refractivity contribution in [1.29, 1.82) is 0 Å². The van der Waals surface area contributed by atoms with Gasteiger partial charge in [0.2, 0.25) is 0 Å². The maximum atomic E-state index is 10.6. The highest BCUT2D eigenvalue weighted by atomic mass is 32.2. The maximum Gasteiger partial charge on any atom is 0.186 e. The Morgan fingerprint density at radius 3 is 3.00 bits per heavy atom. The number of carbonyl (C=O) groups is 1. The number of hydrogen-bond acceptors (Lipinski definition) is 4. The van der Waals surface area contributed by atoms with Crippen LogP contribution in [0.4, 0.5) is 0 Å². The lowest BCUT2D eigenvalue weighted by Crippen LogP contribution is -1.87. The minimum Gasteiger partial charge on any atom is -0.288 e. The van der Waals surface area contributed by atoms with E-state index in [1.165, 1.54) is 11.8 Å². The summed E-state index contributed by atoms with van der Waals surface area (Å²) in [7, 11) is 0. The molecule has 0 unspecified atom stereocenters. The summed E-state index contributed by atoms with van der Waals surface area (Å²) in [6, 6.07) is 0. The molecule has 1 rings (SSSR count). The summed E-state index contributed by atoms with van der Waals surface area (Å²) in [6.07, 6.45) is 7.19. The minimum absolute atomic E-state index is 0.130. The average molecular weight is 208 g/mol. The summed E-state index contributed by atoms with van der Waals surface area (Å²) in [5.41, 5.74) is 1.72. The molecular formula is C10H12N2OS. The predicted octanol–water partition coefficient (Wildman–Crippen LogP) is 2.08. The lowest BCUT2D eigenvalue weighted by atomic mass is 10.4. The molecule has 14 heavy (non-hydrogen) atoms. The highest BCUT2D eigenvalue weighted by molar-refractivity contribution is 8.13. The van der Waals surface area contributed by atoms with Crippen molar-refractivity contribution >= 4 is 23.0 Å². The number of carbonyl (C=O) groups excluding carboxylic acids is 1. The molecule has 0 aliphatic heterocycles. The van der Waals surface area contributed by atoms with Crippen LogP contribution in [-0.4, -0.2) is 20.8 Å². The molecule has 0 aromatic carbocycles. The Kier molecular flexibility index (Phi) is 4.32. The van der Waals surface area contributed by atoms with Crippen molar-refractivity contribution in [2.75, 3.05) is 5.75 Å². The van der Waals surface area contributed by atoms with E-state index in [4.69, 9.17) is 0 Å². The van der Waals surface area contributed by atoms with Gasteiger partial charge in [-0.2, -0.15) is 0 Å². The predicted molar refractivity (Wildman–Crippen MR) is 58.9 cm³/mol. The van der Waals surface area contributed by atoms with E-state index in [0.717, 1.165) is 11.4 Å². The Morgan fingerprint density at radius 1 is 1.57 bits per heavy atom. The lowest BCUT2D eigenvalue weighted by molar-refractivity contribution is -0.109. The largest absolute Gasteiger partial charge is 0.288 e. The van der Waals surface area contributed by atoms with Gasteiger partial charge in [0.15, 0.2) is 5.12 Å².